The van der Waals surface area contributed by atoms with Crippen molar-refractivity contribution in [2.75, 3.05) is 13.2 Å². The van der Waals surface area contributed by atoms with Crippen molar-refractivity contribution in [1.29, 1.82) is 0 Å². The normalized spacial score (nSPS) is 17.9. The van der Waals surface area contributed by atoms with Crippen LogP contribution in [-0.2, 0) is 0 Å². The lowest BCUT2D eigenvalue weighted by molar-refractivity contribution is 0.212. The number of halogens is 1. The zero-order valence-electron chi connectivity index (χ0n) is 11.0. The Morgan fingerprint density at radius 1 is 1.33 bits per heavy atom. The van der Waals surface area contributed by atoms with Gasteiger partial charge in [-0.1, -0.05) is 31.9 Å². The summed E-state index contributed by atoms with van der Waals surface area (Å²) >= 11 is 0. The molecule has 18 heavy (non-hydrogen) atoms. The fourth-order valence-electron chi connectivity index (χ4n) is 2.72. The SMILES string of the molecule is CCNC(COc1ccccc1F)C1CCCC1. The van der Waals surface area contributed by atoms with E-state index in [1.165, 1.54) is 31.7 Å². The maximum atomic E-state index is 13.5. The van der Waals surface area contributed by atoms with E-state index in [9.17, 15) is 4.39 Å². The number of rotatable bonds is 6. The molecule has 1 aromatic rings. The molecule has 100 valence electrons. The summed E-state index contributed by atoms with van der Waals surface area (Å²) in [5.74, 6) is 0.759. The van der Waals surface area contributed by atoms with Crippen LogP contribution in [0.2, 0.25) is 0 Å². The van der Waals surface area contributed by atoms with Crippen molar-refractivity contribution >= 4 is 0 Å². The maximum Gasteiger partial charge on any atom is 0.165 e. The number of nitrogens with one attached hydrogen (secondary N) is 1. The second-order valence-electron chi connectivity index (χ2n) is 4.95. The highest BCUT2D eigenvalue weighted by atomic mass is 19.1. The van der Waals surface area contributed by atoms with Gasteiger partial charge in [0.2, 0.25) is 0 Å². The fourth-order valence-corrected chi connectivity index (χ4v) is 2.72. The number of ether oxygens (including phenoxy) is 1. The predicted molar refractivity (Wildman–Crippen MR) is 71.3 cm³/mol. The zero-order chi connectivity index (χ0) is 12.8. The van der Waals surface area contributed by atoms with Gasteiger partial charge in [0.05, 0.1) is 0 Å². The van der Waals surface area contributed by atoms with Gasteiger partial charge in [-0.25, -0.2) is 4.39 Å². The van der Waals surface area contributed by atoms with Gasteiger partial charge in [-0.15, -0.1) is 0 Å². The third-order valence-electron chi connectivity index (χ3n) is 3.69. The second kappa shape index (κ2) is 6.74. The molecule has 1 fully saturated rings. The number of para-hydroxylation sites is 1. The fraction of sp³-hybridized carbons (Fsp3) is 0.600. The third kappa shape index (κ3) is 3.45. The molecule has 0 bridgehead atoms. The van der Waals surface area contributed by atoms with E-state index in [4.69, 9.17) is 4.74 Å². The molecule has 0 spiro atoms. The Labute approximate surface area is 109 Å². The van der Waals surface area contributed by atoms with E-state index in [-0.39, 0.29) is 5.82 Å². The Bertz CT molecular complexity index is 363. The number of likely N-dealkylation sites (N-methyl/N-ethyl adjacent to an activating group) is 1. The van der Waals surface area contributed by atoms with E-state index >= 15 is 0 Å². The van der Waals surface area contributed by atoms with Crippen LogP contribution in [0, 0.1) is 11.7 Å². The van der Waals surface area contributed by atoms with Gasteiger partial charge in [0.1, 0.15) is 6.61 Å². The van der Waals surface area contributed by atoms with E-state index < -0.39 is 0 Å². The lowest BCUT2D eigenvalue weighted by Gasteiger charge is -2.24. The summed E-state index contributed by atoms with van der Waals surface area (Å²) in [4.78, 5) is 0. The van der Waals surface area contributed by atoms with Crippen molar-refractivity contribution in [3.8, 4) is 5.75 Å². The smallest absolute Gasteiger partial charge is 0.165 e. The first-order valence-electron chi connectivity index (χ1n) is 6.92. The van der Waals surface area contributed by atoms with Crippen LogP contribution in [-0.4, -0.2) is 19.2 Å². The van der Waals surface area contributed by atoms with Gasteiger partial charge in [-0.2, -0.15) is 0 Å². The Hall–Kier alpha value is -1.09. The molecule has 2 rings (SSSR count). The van der Waals surface area contributed by atoms with Crippen LogP contribution in [0.4, 0.5) is 4.39 Å². The summed E-state index contributed by atoms with van der Waals surface area (Å²) in [6.45, 7) is 3.59. The molecule has 0 radical (unpaired) electrons. The van der Waals surface area contributed by atoms with Crippen LogP contribution >= 0.6 is 0 Å². The van der Waals surface area contributed by atoms with Crippen LogP contribution in [0.3, 0.4) is 0 Å². The second-order valence-corrected chi connectivity index (χ2v) is 4.95. The first-order chi connectivity index (χ1) is 8.81. The molecule has 0 aromatic heterocycles. The summed E-state index contributed by atoms with van der Waals surface area (Å²) in [6.07, 6.45) is 5.15. The number of hydrogen-bond donors (Lipinski definition) is 1. The highest BCUT2D eigenvalue weighted by Crippen LogP contribution is 2.28. The zero-order valence-corrected chi connectivity index (χ0v) is 11.0. The minimum Gasteiger partial charge on any atom is -0.489 e. The van der Waals surface area contributed by atoms with E-state index in [1.54, 1.807) is 18.2 Å². The van der Waals surface area contributed by atoms with E-state index in [0.717, 1.165) is 6.54 Å². The van der Waals surface area contributed by atoms with E-state index in [2.05, 4.69) is 12.2 Å². The van der Waals surface area contributed by atoms with Crippen LogP contribution in [0.1, 0.15) is 32.6 Å². The monoisotopic (exact) mass is 251 g/mol. The summed E-state index contributed by atoms with van der Waals surface area (Å²) < 4.78 is 19.1. The Balaban J connectivity index is 1.91. The number of hydrogen-bond acceptors (Lipinski definition) is 2. The molecular formula is C15H22FNO. The molecule has 1 saturated carbocycles. The van der Waals surface area contributed by atoms with Crippen LogP contribution in [0.5, 0.6) is 5.75 Å². The van der Waals surface area contributed by atoms with Crippen LogP contribution < -0.4 is 10.1 Å². The van der Waals surface area contributed by atoms with Gasteiger partial charge in [-0.05, 0) is 37.4 Å². The molecule has 1 aliphatic carbocycles. The molecule has 0 heterocycles. The van der Waals surface area contributed by atoms with Crippen molar-refractivity contribution in [1.82, 2.24) is 5.32 Å². The summed E-state index contributed by atoms with van der Waals surface area (Å²) in [7, 11) is 0. The standard InChI is InChI=1S/C15H22FNO/c1-2-17-14(12-7-3-4-8-12)11-18-15-10-6-5-9-13(15)16/h5-6,9-10,12,14,17H,2-4,7-8,11H2,1H3. The maximum absolute atomic E-state index is 13.5. The molecule has 1 atom stereocenters. The van der Waals surface area contributed by atoms with E-state index in [1.807, 2.05) is 0 Å². The first kappa shape index (κ1) is 13.3. The van der Waals surface area contributed by atoms with E-state index in [0.29, 0.717) is 24.3 Å². The van der Waals surface area contributed by atoms with Gasteiger partial charge < -0.3 is 10.1 Å². The minimum absolute atomic E-state index is 0.279. The molecule has 1 aromatic carbocycles. The summed E-state index contributed by atoms with van der Waals surface area (Å²) in [6, 6.07) is 6.95. The average molecular weight is 251 g/mol. The Morgan fingerprint density at radius 2 is 2.06 bits per heavy atom. The predicted octanol–water partition coefficient (Wildman–Crippen LogP) is 3.37. The van der Waals surface area contributed by atoms with Crippen molar-refractivity contribution in [2.45, 2.75) is 38.6 Å². The van der Waals surface area contributed by atoms with Gasteiger partial charge in [0, 0.05) is 6.04 Å². The molecule has 0 amide bonds. The third-order valence-corrected chi connectivity index (χ3v) is 3.69. The summed E-state index contributed by atoms with van der Waals surface area (Å²) in [5, 5.41) is 3.47. The summed E-state index contributed by atoms with van der Waals surface area (Å²) in [5.41, 5.74) is 0. The first-order valence-corrected chi connectivity index (χ1v) is 6.92. The highest BCUT2D eigenvalue weighted by Gasteiger charge is 2.25. The largest absolute Gasteiger partial charge is 0.489 e. The van der Waals surface area contributed by atoms with Crippen LogP contribution in [0.15, 0.2) is 24.3 Å². The Kier molecular flexibility index (Phi) is 5.00. The highest BCUT2D eigenvalue weighted by molar-refractivity contribution is 5.23. The average Bonchev–Trinajstić information content (AvgIpc) is 2.90. The molecule has 0 saturated heterocycles. The van der Waals surface area contributed by atoms with Crippen molar-refractivity contribution in [2.24, 2.45) is 5.92 Å². The lowest BCUT2D eigenvalue weighted by Crippen LogP contribution is -2.40. The van der Waals surface area contributed by atoms with Crippen LogP contribution in [0.25, 0.3) is 0 Å². The molecule has 3 heteroatoms. The topological polar surface area (TPSA) is 21.3 Å². The van der Waals surface area contributed by atoms with Gasteiger partial charge in [0.25, 0.3) is 0 Å². The number of benzene rings is 1. The molecule has 2 nitrogen and oxygen atoms in total. The molecule has 1 unspecified atom stereocenters. The lowest BCUT2D eigenvalue weighted by atomic mass is 9.99. The van der Waals surface area contributed by atoms with Crippen molar-refractivity contribution in [3.63, 3.8) is 0 Å². The van der Waals surface area contributed by atoms with Crippen molar-refractivity contribution < 1.29 is 9.13 Å². The molecule has 1 N–H and O–H groups in total. The molecule has 0 aliphatic heterocycles. The minimum atomic E-state index is -0.279. The van der Waals surface area contributed by atoms with Gasteiger partial charge >= 0.3 is 0 Å². The molecule has 1 aliphatic rings. The quantitative estimate of drug-likeness (QED) is 0.837. The van der Waals surface area contributed by atoms with Gasteiger partial charge in [0.15, 0.2) is 11.6 Å². The van der Waals surface area contributed by atoms with Crippen molar-refractivity contribution in [3.05, 3.63) is 30.1 Å². The molecular weight excluding hydrogens is 229 g/mol. The Morgan fingerprint density at radius 3 is 2.72 bits per heavy atom. The van der Waals surface area contributed by atoms with Gasteiger partial charge in [-0.3, -0.25) is 0 Å².